The minimum atomic E-state index is -1.57. The van der Waals surface area contributed by atoms with Gasteiger partial charge >= 0.3 is 11.9 Å². The van der Waals surface area contributed by atoms with Gasteiger partial charge in [-0.3, -0.25) is 0 Å². The minimum Gasteiger partial charge on any atom is -0.478 e. The molecule has 0 aromatic rings. The Morgan fingerprint density at radius 2 is 1.79 bits per heavy atom. The number of hydrogen-bond donors (Lipinski definition) is 3. The highest BCUT2D eigenvalue weighted by molar-refractivity contribution is 5.90. The van der Waals surface area contributed by atoms with E-state index in [1.54, 1.807) is 0 Å². The second-order valence-corrected chi connectivity index (χ2v) is 5.71. The van der Waals surface area contributed by atoms with Crippen LogP contribution in [0.25, 0.3) is 0 Å². The number of hydrogen-bond acceptors (Lipinski definition) is 8. The molecule has 9 heteroatoms. The lowest BCUT2D eigenvalue weighted by Gasteiger charge is -2.48. The summed E-state index contributed by atoms with van der Waals surface area (Å²) in [5.41, 5.74) is -1.57. The Bertz CT molecular complexity index is 460. The van der Waals surface area contributed by atoms with Crippen LogP contribution < -0.4 is 0 Å². The smallest absolute Gasteiger partial charge is 0.331 e. The first-order valence-electron chi connectivity index (χ1n) is 7.35. The standard InChI is InChI=1S/C15H24O9/c1-15(20)11(8-22-3)24-10(9(6-21-2)14(15)19)7-23-13(18)5-4-12(16)17/h4-5,9-11,14,19-20H,6-8H2,1-3H3,(H,16,17)/b5-4-. The average Bonchev–Trinajstić information content (AvgIpc) is 2.51. The van der Waals surface area contributed by atoms with Gasteiger partial charge in [-0.1, -0.05) is 0 Å². The van der Waals surface area contributed by atoms with Crippen molar-refractivity contribution in [3.05, 3.63) is 12.2 Å². The van der Waals surface area contributed by atoms with E-state index in [0.29, 0.717) is 6.08 Å². The summed E-state index contributed by atoms with van der Waals surface area (Å²) in [6.45, 7) is 1.31. The van der Waals surface area contributed by atoms with Gasteiger partial charge in [0, 0.05) is 32.3 Å². The van der Waals surface area contributed by atoms with E-state index in [1.807, 2.05) is 0 Å². The van der Waals surface area contributed by atoms with Crippen molar-refractivity contribution < 1.29 is 43.9 Å². The number of ether oxygens (including phenoxy) is 4. The van der Waals surface area contributed by atoms with E-state index >= 15 is 0 Å². The van der Waals surface area contributed by atoms with Crippen molar-refractivity contribution in [1.82, 2.24) is 0 Å². The highest BCUT2D eigenvalue weighted by Gasteiger charge is 2.52. The fourth-order valence-electron chi connectivity index (χ4n) is 2.54. The molecule has 1 aliphatic heterocycles. The van der Waals surface area contributed by atoms with Crippen LogP contribution in [0.2, 0.25) is 0 Å². The molecular weight excluding hydrogens is 324 g/mol. The summed E-state index contributed by atoms with van der Waals surface area (Å²) in [4.78, 5) is 21.8. The molecule has 1 aliphatic rings. The van der Waals surface area contributed by atoms with Crippen molar-refractivity contribution >= 4 is 11.9 Å². The zero-order valence-corrected chi connectivity index (χ0v) is 13.9. The Kier molecular flexibility index (Phi) is 7.77. The zero-order chi connectivity index (χ0) is 18.3. The van der Waals surface area contributed by atoms with Crippen molar-refractivity contribution in [3.63, 3.8) is 0 Å². The lowest BCUT2D eigenvalue weighted by atomic mass is 9.79. The first-order chi connectivity index (χ1) is 11.2. The molecule has 9 nitrogen and oxygen atoms in total. The van der Waals surface area contributed by atoms with Crippen LogP contribution in [0.3, 0.4) is 0 Å². The fourth-order valence-corrected chi connectivity index (χ4v) is 2.54. The summed E-state index contributed by atoms with van der Waals surface area (Å²) in [5.74, 6) is -2.77. The third-order valence-electron chi connectivity index (χ3n) is 3.90. The van der Waals surface area contributed by atoms with Gasteiger partial charge in [0.2, 0.25) is 0 Å². The lowest BCUT2D eigenvalue weighted by Crippen LogP contribution is -2.64. The summed E-state index contributed by atoms with van der Waals surface area (Å²) in [7, 11) is 2.86. The van der Waals surface area contributed by atoms with Crippen molar-refractivity contribution in [2.75, 3.05) is 34.0 Å². The number of aliphatic carboxylic acids is 1. The summed E-state index contributed by atoms with van der Waals surface area (Å²) in [6, 6.07) is 0. The Labute approximate surface area is 139 Å². The van der Waals surface area contributed by atoms with Crippen LogP contribution >= 0.6 is 0 Å². The van der Waals surface area contributed by atoms with Gasteiger partial charge in [0.25, 0.3) is 0 Å². The third kappa shape index (κ3) is 5.25. The molecular formula is C15H24O9. The van der Waals surface area contributed by atoms with Crippen molar-refractivity contribution in [3.8, 4) is 0 Å². The van der Waals surface area contributed by atoms with Crippen LogP contribution in [-0.2, 0) is 28.5 Å². The summed E-state index contributed by atoms with van der Waals surface area (Å²) in [5, 5.41) is 29.4. The molecule has 0 aromatic carbocycles. The van der Waals surface area contributed by atoms with Gasteiger partial charge < -0.3 is 34.3 Å². The molecule has 3 N–H and O–H groups in total. The highest BCUT2D eigenvalue weighted by Crippen LogP contribution is 2.34. The first-order valence-corrected chi connectivity index (χ1v) is 7.35. The number of aliphatic hydroxyl groups excluding tert-OH is 1. The average molecular weight is 348 g/mol. The van der Waals surface area contributed by atoms with Gasteiger partial charge in [0.05, 0.1) is 25.4 Å². The van der Waals surface area contributed by atoms with E-state index in [4.69, 9.17) is 24.1 Å². The molecule has 24 heavy (non-hydrogen) atoms. The summed E-state index contributed by atoms with van der Waals surface area (Å²) in [6.07, 6.45) is -1.34. The van der Waals surface area contributed by atoms with Crippen LogP contribution in [0.15, 0.2) is 12.2 Å². The maximum Gasteiger partial charge on any atom is 0.331 e. The van der Waals surface area contributed by atoms with E-state index in [2.05, 4.69) is 0 Å². The molecule has 0 saturated carbocycles. The Balaban J connectivity index is 2.80. The number of methoxy groups -OCH3 is 2. The van der Waals surface area contributed by atoms with E-state index in [0.717, 1.165) is 6.08 Å². The molecule has 0 bridgehead atoms. The molecule has 0 amide bonds. The molecule has 1 rings (SSSR count). The second-order valence-electron chi connectivity index (χ2n) is 5.71. The molecule has 5 unspecified atom stereocenters. The van der Waals surface area contributed by atoms with Crippen molar-refractivity contribution in [1.29, 1.82) is 0 Å². The van der Waals surface area contributed by atoms with Crippen LogP contribution in [0.1, 0.15) is 6.92 Å². The summed E-state index contributed by atoms with van der Waals surface area (Å²) >= 11 is 0. The van der Waals surface area contributed by atoms with Gasteiger partial charge in [-0.2, -0.15) is 0 Å². The van der Waals surface area contributed by atoms with Gasteiger partial charge in [0.15, 0.2) is 0 Å². The fraction of sp³-hybridized carbons (Fsp3) is 0.733. The maximum atomic E-state index is 11.5. The monoisotopic (exact) mass is 348 g/mol. The van der Waals surface area contributed by atoms with Gasteiger partial charge in [0.1, 0.15) is 18.3 Å². The quantitative estimate of drug-likeness (QED) is 0.371. The Morgan fingerprint density at radius 1 is 1.17 bits per heavy atom. The number of carboxylic acids is 1. The van der Waals surface area contributed by atoms with Crippen LogP contribution in [0, 0.1) is 5.92 Å². The maximum absolute atomic E-state index is 11.5. The van der Waals surface area contributed by atoms with Crippen LogP contribution in [-0.4, -0.2) is 85.2 Å². The SMILES string of the molecule is COCC1C(COC(=O)/C=C\C(=O)O)OC(COC)C(C)(O)C1O. The Morgan fingerprint density at radius 3 is 2.33 bits per heavy atom. The van der Waals surface area contributed by atoms with E-state index in [1.165, 1.54) is 21.1 Å². The van der Waals surface area contributed by atoms with E-state index in [-0.39, 0.29) is 19.8 Å². The van der Waals surface area contributed by atoms with E-state index < -0.39 is 41.8 Å². The first kappa shape index (κ1) is 20.5. The molecule has 0 spiro atoms. The van der Waals surface area contributed by atoms with Crippen molar-refractivity contribution in [2.45, 2.75) is 30.8 Å². The summed E-state index contributed by atoms with van der Waals surface area (Å²) < 4.78 is 20.7. The number of carbonyl (C=O) groups excluding carboxylic acids is 1. The number of carboxylic acid groups (broad SMARTS) is 1. The number of carbonyl (C=O) groups is 2. The molecule has 1 saturated heterocycles. The zero-order valence-electron chi connectivity index (χ0n) is 13.9. The Hall–Kier alpha value is -1.52. The molecule has 5 atom stereocenters. The molecule has 1 heterocycles. The topological polar surface area (TPSA) is 132 Å². The molecule has 1 fully saturated rings. The number of rotatable bonds is 8. The number of esters is 1. The van der Waals surface area contributed by atoms with Gasteiger partial charge in [-0.05, 0) is 6.92 Å². The largest absolute Gasteiger partial charge is 0.478 e. The minimum absolute atomic E-state index is 0.0348. The molecule has 0 radical (unpaired) electrons. The lowest BCUT2D eigenvalue weighted by molar-refractivity contribution is -0.267. The second kappa shape index (κ2) is 9.09. The van der Waals surface area contributed by atoms with Gasteiger partial charge in [-0.25, -0.2) is 9.59 Å². The molecule has 0 aromatic heterocycles. The molecule has 138 valence electrons. The molecule has 0 aliphatic carbocycles. The van der Waals surface area contributed by atoms with Gasteiger partial charge in [-0.15, -0.1) is 0 Å². The predicted molar refractivity (Wildman–Crippen MR) is 80.3 cm³/mol. The van der Waals surface area contributed by atoms with E-state index in [9.17, 15) is 19.8 Å². The predicted octanol–water partition coefficient (Wildman–Crippen LogP) is -1.04. The normalized spacial score (nSPS) is 33.5. The highest BCUT2D eigenvalue weighted by atomic mass is 16.6. The third-order valence-corrected chi connectivity index (χ3v) is 3.90. The van der Waals surface area contributed by atoms with Crippen LogP contribution in [0.5, 0.6) is 0 Å². The van der Waals surface area contributed by atoms with Crippen molar-refractivity contribution in [2.24, 2.45) is 5.92 Å². The van der Waals surface area contributed by atoms with Crippen LogP contribution in [0.4, 0.5) is 0 Å². The number of aliphatic hydroxyl groups is 2.